The van der Waals surface area contributed by atoms with Crippen molar-refractivity contribution in [2.24, 2.45) is 5.92 Å². The van der Waals surface area contributed by atoms with Crippen LogP contribution in [0.1, 0.15) is 34.1 Å². The molecule has 1 aliphatic heterocycles. The molecule has 1 heterocycles. The van der Waals surface area contributed by atoms with Gasteiger partial charge in [0.2, 0.25) is 0 Å². The van der Waals surface area contributed by atoms with Crippen molar-refractivity contribution >= 4 is 5.97 Å². The molecule has 3 nitrogen and oxygen atoms in total. The Bertz CT molecular complexity index is 224. The standard InChI is InChI=1S/C10H18O3/c1-6-10(8(11)12-5)9(4,13-10)7(2)3/h7H,6H2,1-5H3. The molecular formula is C10H18O3. The van der Waals surface area contributed by atoms with Crippen molar-refractivity contribution in [2.75, 3.05) is 7.11 Å². The molecule has 1 rings (SSSR count). The van der Waals surface area contributed by atoms with Gasteiger partial charge in [0.15, 0.2) is 5.60 Å². The molecular weight excluding hydrogens is 168 g/mol. The highest BCUT2D eigenvalue weighted by atomic mass is 16.7. The van der Waals surface area contributed by atoms with Gasteiger partial charge in [-0.25, -0.2) is 4.79 Å². The Kier molecular flexibility index (Phi) is 2.41. The van der Waals surface area contributed by atoms with E-state index in [1.54, 1.807) is 0 Å². The van der Waals surface area contributed by atoms with Gasteiger partial charge < -0.3 is 9.47 Å². The van der Waals surface area contributed by atoms with Gasteiger partial charge in [0.25, 0.3) is 0 Å². The van der Waals surface area contributed by atoms with Crippen LogP contribution in [-0.4, -0.2) is 24.3 Å². The van der Waals surface area contributed by atoms with E-state index in [0.717, 1.165) is 0 Å². The SMILES string of the molecule is CCC1(C(=O)OC)OC1(C)C(C)C. The first-order valence-electron chi connectivity index (χ1n) is 4.73. The predicted octanol–water partition coefficient (Wildman–Crippen LogP) is 1.75. The second kappa shape index (κ2) is 2.98. The van der Waals surface area contributed by atoms with Crippen molar-refractivity contribution in [1.82, 2.24) is 0 Å². The van der Waals surface area contributed by atoms with Gasteiger partial charge in [-0.15, -0.1) is 0 Å². The van der Waals surface area contributed by atoms with E-state index in [-0.39, 0.29) is 11.6 Å². The van der Waals surface area contributed by atoms with E-state index in [1.165, 1.54) is 7.11 Å². The fraction of sp³-hybridized carbons (Fsp3) is 0.900. The maximum absolute atomic E-state index is 11.5. The quantitative estimate of drug-likeness (QED) is 0.498. The number of carbonyl (C=O) groups excluding carboxylic acids is 1. The number of ether oxygens (including phenoxy) is 2. The van der Waals surface area contributed by atoms with Crippen LogP contribution in [0.25, 0.3) is 0 Å². The summed E-state index contributed by atoms with van der Waals surface area (Å²) in [6.45, 7) is 8.03. The topological polar surface area (TPSA) is 38.8 Å². The van der Waals surface area contributed by atoms with Crippen LogP contribution in [0, 0.1) is 5.92 Å². The van der Waals surface area contributed by atoms with Gasteiger partial charge in [0, 0.05) is 0 Å². The molecule has 1 saturated heterocycles. The van der Waals surface area contributed by atoms with Crippen molar-refractivity contribution in [3.63, 3.8) is 0 Å². The molecule has 1 aliphatic rings. The first-order chi connectivity index (χ1) is 5.94. The van der Waals surface area contributed by atoms with Crippen molar-refractivity contribution in [3.05, 3.63) is 0 Å². The van der Waals surface area contributed by atoms with Crippen LogP contribution in [0.3, 0.4) is 0 Å². The second-order valence-corrected chi connectivity index (χ2v) is 4.04. The molecule has 0 N–H and O–H groups in total. The van der Waals surface area contributed by atoms with Crippen molar-refractivity contribution in [3.8, 4) is 0 Å². The second-order valence-electron chi connectivity index (χ2n) is 4.04. The molecule has 1 fully saturated rings. The highest BCUT2D eigenvalue weighted by molar-refractivity contribution is 5.84. The Morgan fingerprint density at radius 2 is 2.08 bits per heavy atom. The summed E-state index contributed by atoms with van der Waals surface area (Å²) in [5, 5.41) is 0. The summed E-state index contributed by atoms with van der Waals surface area (Å²) >= 11 is 0. The van der Waals surface area contributed by atoms with Crippen LogP contribution >= 0.6 is 0 Å². The highest BCUT2D eigenvalue weighted by Gasteiger charge is 2.72. The van der Waals surface area contributed by atoms with Gasteiger partial charge in [-0.3, -0.25) is 0 Å². The average Bonchev–Trinajstić information content (AvgIpc) is 2.73. The van der Waals surface area contributed by atoms with E-state index in [4.69, 9.17) is 9.47 Å². The number of carbonyl (C=O) groups is 1. The number of methoxy groups -OCH3 is 1. The molecule has 0 aliphatic carbocycles. The van der Waals surface area contributed by atoms with Crippen LogP contribution in [-0.2, 0) is 14.3 Å². The maximum atomic E-state index is 11.5. The summed E-state index contributed by atoms with van der Waals surface area (Å²) in [7, 11) is 1.40. The smallest absolute Gasteiger partial charge is 0.341 e. The lowest BCUT2D eigenvalue weighted by molar-refractivity contribution is -0.147. The summed E-state index contributed by atoms with van der Waals surface area (Å²) in [4.78, 5) is 11.5. The van der Waals surface area contributed by atoms with E-state index in [0.29, 0.717) is 12.3 Å². The number of esters is 1. The minimum Gasteiger partial charge on any atom is -0.467 e. The number of hydrogen-bond acceptors (Lipinski definition) is 3. The summed E-state index contributed by atoms with van der Waals surface area (Å²) in [6.07, 6.45) is 0.675. The van der Waals surface area contributed by atoms with Gasteiger partial charge in [-0.05, 0) is 19.3 Å². The van der Waals surface area contributed by atoms with Crippen LogP contribution in [0.5, 0.6) is 0 Å². The number of hydrogen-bond donors (Lipinski definition) is 0. The Balaban J connectivity index is 2.85. The van der Waals surface area contributed by atoms with Crippen LogP contribution < -0.4 is 0 Å². The molecule has 2 atom stereocenters. The summed E-state index contributed by atoms with van der Waals surface area (Å²) in [5.74, 6) is 0.0812. The van der Waals surface area contributed by atoms with Crippen LogP contribution in [0.4, 0.5) is 0 Å². The van der Waals surface area contributed by atoms with Gasteiger partial charge in [-0.2, -0.15) is 0 Å². The van der Waals surface area contributed by atoms with Gasteiger partial charge in [0.1, 0.15) is 5.60 Å². The molecule has 76 valence electrons. The van der Waals surface area contributed by atoms with Crippen molar-refractivity contribution < 1.29 is 14.3 Å². The van der Waals surface area contributed by atoms with Gasteiger partial charge >= 0.3 is 5.97 Å². The van der Waals surface area contributed by atoms with Crippen molar-refractivity contribution in [2.45, 2.75) is 45.3 Å². The monoisotopic (exact) mass is 186 g/mol. The summed E-state index contributed by atoms with van der Waals surface area (Å²) in [5.41, 5.74) is -1.02. The summed E-state index contributed by atoms with van der Waals surface area (Å²) in [6, 6.07) is 0. The first-order valence-corrected chi connectivity index (χ1v) is 4.73. The molecule has 2 unspecified atom stereocenters. The van der Waals surface area contributed by atoms with E-state index in [9.17, 15) is 4.79 Å². The molecule has 13 heavy (non-hydrogen) atoms. The zero-order chi connectivity index (χ0) is 10.3. The van der Waals surface area contributed by atoms with Gasteiger partial charge in [-0.1, -0.05) is 20.8 Å². The molecule has 0 bridgehead atoms. The largest absolute Gasteiger partial charge is 0.467 e. The zero-order valence-corrected chi connectivity index (χ0v) is 9.01. The Morgan fingerprint density at radius 3 is 2.31 bits per heavy atom. The van der Waals surface area contributed by atoms with Gasteiger partial charge in [0.05, 0.1) is 7.11 Å². The number of epoxide rings is 1. The van der Waals surface area contributed by atoms with Crippen LogP contribution in [0.15, 0.2) is 0 Å². The Labute approximate surface area is 79.4 Å². The molecule has 0 radical (unpaired) electrons. The molecule has 0 aromatic carbocycles. The third-order valence-corrected chi connectivity index (χ3v) is 3.26. The molecule has 0 aromatic rings. The molecule has 0 spiro atoms. The predicted molar refractivity (Wildman–Crippen MR) is 49.4 cm³/mol. The fourth-order valence-electron chi connectivity index (χ4n) is 1.90. The van der Waals surface area contributed by atoms with E-state index < -0.39 is 5.60 Å². The van der Waals surface area contributed by atoms with E-state index in [1.807, 2.05) is 13.8 Å². The molecule has 0 aromatic heterocycles. The van der Waals surface area contributed by atoms with Crippen molar-refractivity contribution in [1.29, 1.82) is 0 Å². The minimum absolute atomic E-state index is 0.244. The summed E-state index contributed by atoms with van der Waals surface area (Å²) < 4.78 is 10.3. The normalized spacial score (nSPS) is 37.7. The molecule has 3 heteroatoms. The molecule has 0 amide bonds. The first kappa shape index (κ1) is 10.5. The van der Waals surface area contributed by atoms with Crippen LogP contribution in [0.2, 0.25) is 0 Å². The average molecular weight is 186 g/mol. The fourth-order valence-corrected chi connectivity index (χ4v) is 1.90. The lowest BCUT2D eigenvalue weighted by Gasteiger charge is -2.16. The Morgan fingerprint density at radius 1 is 1.54 bits per heavy atom. The maximum Gasteiger partial charge on any atom is 0.341 e. The lowest BCUT2D eigenvalue weighted by Crippen LogP contribution is -2.36. The third kappa shape index (κ3) is 1.17. The Hall–Kier alpha value is -0.570. The minimum atomic E-state index is -0.685. The highest BCUT2D eigenvalue weighted by Crippen LogP contribution is 2.55. The third-order valence-electron chi connectivity index (χ3n) is 3.26. The van der Waals surface area contributed by atoms with E-state index >= 15 is 0 Å². The lowest BCUT2D eigenvalue weighted by atomic mass is 9.83. The van der Waals surface area contributed by atoms with E-state index in [2.05, 4.69) is 13.8 Å². The number of rotatable bonds is 3. The molecule has 0 saturated carbocycles. The zero-order valence-electron chi connectivity index (χ0n) is 9.01.